The normalized spacial score (nSPS) is 10.7. The molecule has 0 bridgehead atoms. The molecule has 194 valence electrons. The highest BCUT2D eigenvalue weighted by molar-refractivity contribution is 6.06. The number of anilines is 1. The Labute approximate surface area is 210 Å². The van der Waals surface area contributed by atoms with Gasteiger partial charge in [-0.15, -0.1) is 0 Å². The molecule has 35 heavy (non-hydrogen) atoms. The fourth-order valence-electron chi connectivity index (χ4n) is 3.23. The van der Waals surface area contributed by atoms with Crippen molar-refractivity contribution >= 4 is 17.6 Å². The fraction of sp³-hybridized carbons (Fsp3) is 0.500. The lowest BCUT2D eigenvalue weighted by molar-refractivity contribution is -0.870. The smallest absolute Gasteiger partial charge is 0.338 e. The number of rotatable bonds is 14. The van der Waals surface area contributed by atoms with E-state index in [-0.39, 0.29) is 11.9 Å². The highest BCUT2D eigenvalue weighted by atomic mass is 16.5. The average Bonchev–Trinajstić information content (AvgIpc) is 2.84. The third-order valence-corrected chi connectivity index (χ3v) is 5.26. The number of carbonyl (C=O) groups is 2. The van der Waals surface area contributed by atoms with Crippen LogP contribution in [0.25, 0.3) is 0 Å². The summed E-state index contributed by atoms with van der Waals surface area (Å²) < 4.78 is 11.9. The Kier molecular flexibility index (Phi) is 14.4. The van der Waals surface area contributed by atoms with Crippen LogP contribution < -0.4 is 10.1 Å². The molecule has 0 unspecified atom stereocenters. The van der Waals surface area contributed by atoms with Crippen molar-refractivity contribution in [3.05, 3.63) is 59.7 Å². The van der Waals surface area contributed by atoms with E-state index in [4.69, 9.17) is 14.6 Å². The first-order valence-corrected chi connectivity index (χ1v) is 12.4. The van der Waals surface area contributed by atoms with Gasteiger partial charge >= 0.3 is 5.97 Å². The largest absolute Gasteiger partial charge is 0.493 e. The summed E-state index contributed by atoms with van der Waals surface area (Å²) in [5, 5.41) is 9.88. The number of hydrogen-bond acceptors (Lipinski definition) is 5. The number of amides is 1. The van der Waals surface area contributed by atoms with Gasteiger partial charge < -0.3 is 24.4 Å². The predicted molar refractivity (Wildman–Crippen MR) is 141 cm³/mol. The Hall–Kier alpha value is -2.90. The summed E-state index contributed by atoms with van der Waals surface area (Å²) >= 11 is 0. The van der Waals surface area contributed by atoms with Crippen LogP contribution in [-0.4, -0.2) is 69.5 Å². The second-order valence-electron chi connectivity index (χ2n) is 9.29. The number of aliphatic hydroxyl groups is 1. The highest BCUT2D eigenvalue weighted by Gasteiger charge is 2.14. The molecule has 0 saturated heterocycles. The number of quaternary nitrogens is 1. The SMILES string of the molecule is CCCCCCCCOc1ccccc1C(=O)Nc1ccc(C(=O)OCC[N+](C)(C)C)cc1.CO. The van der Waals surface area contributed by atoms with Crippen molar-refractivity contribution in [1.82, 2.24) is 0 Å². The minimum Gasteiger partial charge on any atom is -0.493 e. The lowest BCUT2D eigenvalue weighted by atomic mass is 10.1. The zero-order chi connectivity index (χ0) is 26.1. The zero-order valence-corrected chi connectivity index (χ0v) is 22.0. The molecule has 7 nitrogen and oxygen atoms in total. The zero-order valence-electron chi connectivity index (χ0n) is 22.0. The third kappa shape index (κ3) is 12.4. The van der Waals surface area contributed by atoms with Gasteiger partial charge in [0.15, 0.2) is 0 Å². The van der Waals surface area contributed by atoms with Crippen LogP contribution in [0.15, 0.2) is 48.5 Å². The van der Waals surface area contributed by atoms with Gasteiger partial charge in [-0.1, -0.05) is 51.2 Å². The van der Waals surface area contributed by atoms with Crippen LogP contribution in [0.1, 0.15) is 66.2 Å². The number of likely N-dealkylation sites (N-methyl/N-ethyl adjacent to an activating group) is 1. The van der Waals surface area contributed by atoms with Gasteiger partial charge in [-0.2, -0.15) is 0 Å². The maximum Gasteiger partial charge on any atom is 0.338 e. The third-order valence-electron chi connectivity index (χ3n) is 5.26. The Morgan fingerprint density at radius 3 is 2.14 bits per heavy atom. The minimum absolute atomic E-state index is 0.244. The molecule has 0 aliphatic heterocycles. The van der Waals surface area contributed by atoms with Crippen molar-refractivity contribution < 1.29 is 28.7 Å². The molecule has 0 aliphatic carbocycles. The molecule has 2 aromatic carbocycles. The van der Waals surface area contributed by atoms with Gasteiger partial charge in [0, 0.05) is 12.8 Å². The lowest BCUT2D eigenvalue weighted by Gasteiger charge is -2.23. The molecule has 2 aromatic rings. The molecule has 0 spiro atoms. The maximum absolute atomic E-state index is 12.8. The molecule has 2 N–H and O–H groups in total. The van der Waals surface area contributed by atoms with Crippen molar-refractivity contribution in [2.24, 2.45) is 0 Å². The van der Waals surface area contributed by atoms with E-state index in [1.165, 1.54) is 25.7 Å². The summed E-state index contributed by atoms with van der Waals surface area (Å²) in [6.45, 7) is 3.90. The van der Waals surface area contributed by atoms with Gasteiger partial charge in [0.1, 0.15) is 18.9 Å². The number of aliphatic hydroxyl groups excluding tert-OH is 1. The molecule has 0 aliphatic rings. The summed E-state index contributed by atoms with van der Waals surface area (Å²) in [5.74, 6) is -0.0254. The number of benzene rings is 2. The molecule has 1 amide bonds. The summed E-state index contributed by atoms with van der Waals surface area (Å²) in [7, 11) is 7.13. The molecule has 0 atom stereocenters. The van der Waals surface area contributed by atoms with E-state index < -0.39 is 0 Å². The highest BCUT2D eigenvalue weighted by Crippen LogP contribution is 2.21. The van der Waals surface area contributed by atoms with Gasteiger partial charge in [0.25, 0.3) is 5.91 Å². The Balaban J connectivity index is 0.00000298. The molecule has 0 fully saturated rings. The molecule has 0 aromatic heterocycles. The van der Waals surface area contributed by atoms with Crippen LogP contribution in [-0.2, 0) is 4.74 Å². The van der Waals surface area contributed by atoms with Crippen molar-refractivity contribution in [2.45, 2.75) is 45.4 Å². The molecule has 0 saturated carbocycles. The first-order chi connectivity index (χ1) is 16.8. The van der Waals surface area contributed by atoms with E-state index in [1.807, 2.05) is 39.3 Å². The summed E-state index contributed by atoms with van der Waals surface area (Å²) in [6, 6.07) is 14.0. The predicted octanol–water partition coefficient (Wildman–Crippen LogP) is 5.15. The standard InChI is InChI=1S/C27H38N2O4.CH4O/c1-5-6-7-8-9-12-20-32-25-14-11-10-13-24(25)26(30)28-23-17-15-22(16-18-23)27(31)33-21-19-29(2,3)4;1-2/h10-11,13-18H,5-9,12,19-21H2,1-4H3;2H,1H3/p+1. The Morgan fingerprint density at radius 1 is 0.857 bits per heavy atom. The van der Waals surface area contributed by atoms with E-state index in [2.05, 4.69) is 12.2 Å². The second-order valence-corrected chi connectivity index (χ2v) is 9.29. The average molecular weight is 488 g/mol. The van der Waals surface area contributed by atoms with Crippen molar-refractivity contribution in [3.8, 4) is 5.75 Å². The Bertz CT molecular complexity index is 876. The van der Waals surface area contributed by atoms with Crippen molar-refractivity contribution in [1.29, 1.82) is 0 Å². The van der Waals surface area contributed by atoms with Gasteiger partial charge in [0.05, 0.1) is 38.9 Å². The number of nitrogens with one attached hydrogen (secondary N) is 1. The summed E-state index contributed by atoms with van der Waals surface area (Å²) in [6.07, 6.45) is 7.12. The van der Waals surface area contributed by atoms with Crippen LogP contribution in [0.3, 0.4) is 0 Å². The number of ether oxygens (including phenoxy) is 2. The first kappa shape index (κ1) is 30.1. The molecule has 0 radical (unpaired) electrons. The molecular weight excluding hydrogens is 444 g/mol. The maximum atomic E-state index is 12.8. The number of nitrogens with zero attached hydrogens (tertiary/aromatic N) is 1. The van der Waals surface area contributed by atoms with Crippen molar-refractivity contribution in [2.75, 3.05) is 53.3 Å². The van der Waals surface area contributed by atoms with Gasteiger partial charge in [-0.25, -0.2) is 4.79 Å². The van der Waals surface area contributed by atoms with Crippen LogP contribution in [0.4, 0.5) is 5.69 Å². The number of para-hydroxylation sites is 1. The topological polar surface area (TPSA) is 84.9 Å². The van der Waals surface area contributed by atoms with E-state index in [0.29, 0.717) is 35.8 Å². The Morgan fingerprint density at radius 2 is 1.49 bits per heavy atom. The van der Waals surface area contributed by atoms with E-state index in [9.17, 15) is 9.59 Å². The summed E-state index contributed by atoms with van der Waals surface area (Å²) in [5.41, 5.74) is 1.55. The van der Waals surface area contributed by atoms with Crippen molar-refractivity contribution in [3.63, 3.8) is 0 Å². The fourth-order valence-corrected chi connectivity index (χ4v) is 3.23. The second kappa shape index (κ2) is 16.7. The van der Waals surface area contributed by atoms with Gasteiger partial charge in [-0.3, -0.25) is 4.79 Å². The quantitative estimate of drug-likeness (QED) is 0.219. The van der Waals surface area contributed by atoms with Crippen LogP contribution in [0.2, 0.25) is 0 Å². The summed E-state index contributed by atoms with van der Waals surface area (Å²) in [4.78, 5) is 25.0. The number of hydrogen-bond donors (Lipinski definition) is 2. The minimum atomic E-state index is -0.366. The number of carbonyl (C=O) groups excluding carboxylic acids is 2. The number of esters is 1. The van der Waals surface area contributed by atoms with E-state index >= 15 is 0 Å². The van der Waals surface area contributed by atoms with Gasteiger partial charge in [-0.05, 0) is 42.8 Å². The van der Waals surface area contributed by atoms with Crippen LogP contribution >= 0.6 is 0 Å². The van der Waals surface area contributed by atoms with E-state index in [0.717, 1.165) is 31.0 Å². The number of unbranched alkanes of at least 4 members (excludes halogenated alkanes) is 5. The van der Waals surface area contributed by atoms with E-state index in [1.54, 1.807) is 30.3 Å². The molecule has 0 heterocycles. The molecular formula is C28H43N2O5+. The van der Waals surface area contributed by atoms with Crippen LogP contribution in [0, 0.1) is 0 Å². The molecule has 7 heteroatoms. The monoisotopic (exact) mass is 487 g/mol. The lowest BCUT2D eigenvalue weighted by Crippen LogP contribution is -2.38. The van der Waals surface area contributed by atoms with Crippen LogP contribution in [0.5, 0.6) is 5.75 Å². The molecule has 2 rings (SSSR count). The van der Waals surface area contributed by atoms with Gasteiger partial charge in [0.2, 0.25) is 0 Å². The first-order valence-electron chi connectivity index (χ1n) is 12.4.